The third-order valence-electron chi connectivity index (χ3n) is 1.65. The van der Waals surface area contributed by atoms with Crippen LogP contribution in [-0.2, 0) is 0 Å². The van der Waals surface area contributed by atoms with Crippen LogP contribution in [0, 0.1) is 0 Å². The molecular formula is C7H14N4. The minimum absolute atomic E-state index is 0.346. The van der Waals surface area contributed by atoms with E-state index in [4.69, 9.17) is 0 Å². The summed E-state index contributed by atoms with van der Waals surface area (Å²) < 4.78 is 0. The fourth-order valence-corrected chi connectivity index (χ4v) is 1.08. The fourth-order valence-electron chi connectivity index (χ4n) is 1.08. The Morgan fingerprint density at radius 2 is 2.45 bits per heavy atom. The first kappa shape index (κ1) is 8.20. The van der Waals surface area contributed by atoms with Crippen LogP contribution in [0.25, 0.3) is 0 Å². The minimum Gasteiger partial charge on any atom is -0.309 e. The smallest absolute Gasteiger partial charge is 0.0993 e. The molecule has 1 aromatic rings. The van der Waals surface area contributed by atoms with Crippen LogP contribution in [-0.4, -0.2) is 22.0 Å². The third-order valence-corrected chi connectivity index (χ3v) is 1.65. The largest absolute Gasteiger partial charge is 0.309 e. The highest BCUT2D eigenvalue weighted by atomic mass is 15.3. The second-order valence-electron chi connectivity index (χ2n) is 2.41. The first-order valence-electron chi connectivity index (χ1n) is 3.97. The van der Waals surface area contributed by atoms with Gasteiger partial charge in [-0.25, -0.2) is 0 Å². The maximum Gasteiger partial charge on any atom is 0.0993 e. The van der Waals surface area contributed by atoms with E-state index < -0.39 is 0 Å². The van der Waals surface area contributed by atoms with Crippen LogP contribution in [0.4, 0.5) is 0 Å². The molecule has 4 nitrogen and oxygen atoms in total. The van der Waals surface area contributed by atoms with Crippen molar-refractivity contribution >= 4 is 0 Å². The van der Waals surface area contributed by atoms with Gasteiger partial charge in [-0.3, -0.25) is 0 Å². The van der Waals surface area contributed by atoms with Gasteiger partial charge in [0.15, 0.2) is 0 Å². The summed E-state index contributed by atoms with van der Waals surface area (Å²) in [4.78, 5) is 0. The molecule has 0 aromatic carbocycles. The lowest BCUT2D eigenvalue weighted by atomic mass is 10.2. The summed E-state index contributed by atoms with van der Waals surface area (Å²) in [6.45, 7) is 5.18. The molecule has 0 aliphatic heterocycles. The number of aromatic amines is 1. The Labute approximate surface area is 66.4 Å². The molecule has 2 N–H and O–H groups in total. The average Bonchev–Trinajstić information content (AvgIpc) is 2.52. The van der Waals surface area contributed by atoms with Crippen molar-refractivity contribution in [1.82, 2.24) is 20.7 Å². The molecule has 0 amide bonds. The van der Waals surface area contributed by atoms with E-state index in [1.165, 1.54) is 0 Å². The fraction of sp³-hybridized carbons (Fsp3) is 0.714. The van der Waals surface area contributed by atoms with Gasteiger partial charge in [0.05, 0.1) is 17.9 Å². The van der Waals surface area contributed by atoms with Crippen LogP contribution >= 0.6 is 0 Å². The number of H-pyrrole nitrogens is 1. The van der Waals surface area contributed by atoms with Crippen molar-refractivity contribution in [2.75, 3.05) is 6.54 Å². The summed E-state index contributed by atoms with van der Waals surface area (Å²) in [6.07, 6.45) is 2.80. The molecule has 0 saturated carbocycles. The van der Waals surface area contributed by atoms with E-state index in [0.717, 1.165) is 18.7 Å². The summed E-state index contributed by atoms with van der Waals surface area (Å²) in [5.41, 5.74) is 0.995. The summed E-state index contributed by atoms with van der Waals surface area (Å²) in [5, 5.41) is 13.7. The molecule has 1 atom stereocenters. The van der Waals surface area contributed by atoms with E-state index in [1.54, 1.807) is 6.20 Å². The molecule has 1 heterocycles. The van der Waals surface area contributed by atoms with Crippen molar-refractivity contribution in [1.29, 1.82) is 0 Å². The van der Waals surface area contributed by atoms with Gasteiger partial charge >= 0.3 is 0 Å². The Morgan fingerprint density at radius 1 is 1.64 bits per heavy atom. The molecule has 1 unspecified atom stereocenters. The maximum atomic E-state index is 4.01. The van der Waals surface area contributed by atoms with Crippen molar-refractivity contribution in [2.24, 2.45) is 0 Å². The van der Waals surface area contributed by atoms with Crippen LogP contribution < -0.4 is 5.32 Å². The van der Waals surface area contributed by atoms with Crippen LogP contribution in [0.1, 0.15) is 32.0 Å². The lowest BCUT2D eigenvalue weighted by Gasteiger charge is -2.11. The predicted molar refractivity (Wildman–Crippen MR) is 43.1 cm³/mol. The summed E-state index contributed by atoms with van der Waals surface area (Å²) in [5.74, 6) is 0. The summed E-state index contributed by atoms with van der Waals surface area (Å²) in [7, 11) is 0. The summed E-state index contributed by atoms with van der Waals surface area (Å²) in [6, 6.07) is 0.346. The van der Waals surface area contributed by atoms with Gasteiger partial charge in [-0.1, -0.05) is 13.8 Å². The highest BCUT2D eigenvalue weighted by Crippen LogP contribution is 2.10. The molecule has 1 aromatic heterocycles. The van der Waals surface area contributed by atoms with E-state index in [2.05, 4.69) is 34.6 Å². The lowest BCUT2D eigenvalue weighted by molar-refractivity contribution is 0.523. The second kappa shape index (κ2) is 4.08. The normalized spacial score (nSPS) is 13.3. The molecule has 11 heavy (non-hydrogen) atoms. The number of nitrogens with zero attached hydrogens (tertiary/aromatic N) is 2. The molecule has 0 spiro atoms. The number of aromatic nitrogens is 3. The van der Waals surface area contributed by atoms with Crippen molar-refractivity contribution < 1.29 is 0 Å². The van der Waals surface area contributed by atoms with Gasteiger partial charge < -0.3 is 5.32 Å². The van der Waals surface area contributed by atoms with Gasteiger partial charge in [0, 0.05) is 0 Å². The number of nitrogens with one attached hydrogen (secondary N) is 2. The van der Waals surface area contributed by atoms with Crippen LogP contribution in [0.2, 0.25) is 0 Å². The van der Waals surface area contributed by atoms with Crippen molar-refractivity contribution in [2.45, 2.75) is 26.3 Å². The molecule has 0 bridgehead atoms. The number of rotatable bonds is 4. The average molecular weight is 154 g/mol. The Morgan fingerprint density at radius 3 is 2.91 bits per heavy atom. The molecule has 0 aliphatic carbocycles. The van der Waals surface area contributed by atoms with Crippen molar-refractivity contribution in [3.8, 4) is 0 Å². The van der Waals surface area contributed by atoms with Gasteiger partial charge in [-0.15, -0.1) is 0 Å². The minimum atomic E-state index is 0.346. The zero-order chi connectivity index (χ0) is 8.10. The van der Waals surface area contributed by atoms with Crippen molar-refractivity contribution in [3.63, 3.8) is 0 Å². The predicted octanol–water partition coefficient (Wildman–Crippen LogP) is 0.865. The van der Waals surface area contributed by atoms with Gasteiger partial charge in [0.2, 0.25) is 0 Å². The highest BCUT2D eigenvalue weighted by molar-refractivity contribution is 4.98. The lowest BCUT2D eigenvalue weighted by Crippen LogP contribution is -2.20. The van der Waals surface area contributed by atoms with Crippen LogP contribution in [0.3, 0.4) is 0 Å². The monoisotopic (exact) mass is 154 g/mol. The standard InChI is InChI=1S/C7H14N4/c1-3-6(8-4-2)7-5-9-11-10-7/h5-6,8H,3-4H2,1-2H3,(H,9,10,11). The van der Waals surface area contributed by atoms with Crippen LogP contribution in [0.15, 0.2) is 6.20 Å². The molecule has 0 aliphatic rings. The Balaban J connectivity index is 2.56. The van der Waals surface area contributed by atoms with Gasteiger partial charge in [-0.05, 0) is 13.0 Å². The SMILES string of the molecule is CCNC(CC)c1cn[nH]n1. The van der Waals surface area contributed by atoms with E-state index in [-0.39, 0.29) is 0 Å². The topological polar surface area (TPSA) is 53.6 Å². The molecule has 0 saturated heterocycles. The quantitative estimate of drug-likeness (QED) is 0.676. The van der Waals surface area contributed by atoms with Gasteiger partial charge in [0.1, 0.15) is 0 Å². The molecular weight excluding hydrogens is 140 g/mol. The van der Waals surface area contributed by atoms with Gasteiger partial charge in [-0.2, -0.15) is 15.4 Å². The first-order chi connectivity index (χ1) is 5.38. The maximum absolute atomic E-state index is 4.01. The van der Waals surface area contributed by atoms with E-state index >= 15 is 0 Å². The zero-order valence-electron chi connectivity index (χ0n) is 6.96. The molecule has 1 rings (SSSR count). The molecule has 62 valence electrons. The first-order valence-corrected chi connectivity index (χ1v) is 3.97. The molecule has 0 radical (unpaired) electrons. The molecule has 4 heteroatoms. The Bertz CT molecular complexity index is 182. The van der Waals surface area contributed by atoms with Gasteiger partial charge in [0.25, 0.3) is 0 Å². The highest BCUT2D eigenvalue weighted by Gasteiger charge is 2.08. The van der Waals surface area contributed by atoms with Crippen molar-refractivity contribution in [3.05, 3.63) is 11.9 Å². The van der Waals surface area contributed by atoms with E-state index in [1.807, 2.05) is 0 Å². The Kier molecular flexibility index (Phi) is 3.04. The summed E-state index contributed by atoms with van der Waals surface area (Å²) >= 11 is 0. The van der Waals surface area contributed by atoms with Crippen LogP contribution in [0.5, 0.6) is 0 Å². The second-order valence-corrected chi connectivity index (χ2v) is 2.41. The van der Waals surface area contributed by atoms with E-state index in [0.29, 0.717) is 6.04 Å². The Hall–Kier alpha value is -0.900. The number of hydrogen-bond donors (Lipinski definition) is 2. The van der Waals surface area contributed by atoms with E-state index in [9.17, 15) is 0 Å². The zero-order valence-corrected chi connectivity index (χ0v) is 6.96. The number of hydrogen-bond acceptors (Lipinski definition) is 3. The third kappa shape index (κ3) is 2.01. The molecule has 0 fully saturated rings.